The van der Waals surface area contributed by atoms with Crippen molar-refractivity contribution in [2.75, 3.05) is 59.1 Å². The highest BCUT2D eigenvalue weighted by Gasteiger charge is 2.30. The van der Waals surface area contributed by atoms with Gasteiger partial charge in [-0.25, -0.2) is 0 Å². The van der Waals surface area contributed by atoms with E-state index in [1.165, 1.54) is 0 Å². The molecule has 0 aliphatic carbocycles. The van der Waals surface area contributed by atoms with Gasteiger partial charge in [-0.15, -0.1) is 0 Å². The number of anilines is 1. The zero-order valence-electron chi connectivity index (χ0n) is 25.5. The molecular formula is C32H47N3O6. The summed E-state index contributed by atoms with van der Waals surface area (Å²) in [5.41, 5.74) is 2.58. The first-order chi connectivity index (χ1) is 19.7. The van der Waals surface area contributed by atoms with Gasteiger partial charge < -0.3 is 33.9 Å². The van der Waals surface area contributed by atoms with Crippen molar-refractivity contribution < 1.29 is 28.8 Å². The second-order valence-corrected chi connectivity index (χ2v) is 11.8. The van der Waals surface area contributed by atoms with Crippen molar-refractivity contribution in [2.45, 2.75) is 64.8 Å². The van der Waals surface area contributed by atoms with E-state index in [1.807, 2.05) is 63.2 Å². The molecular weight excluding hydrogens is 522 g/mol. The Morgan fingerprint density at radius 2 is 1.78 bits per heavy atom. The third-order valence-electron chi connectivity index (χ3n) is 7.93. The number of amides is 1. The molecule has 2 aromatic carbocycles. The monoisotopic (exact) mass is 569 g/mol. The van der Waals surface area contributed by atoms with Gasteiger partial charge in [-0.05, 0) is 76.1 Å². The molecule has 1 N–H and O–H groups in total. The molecule has 41 heavy (non-hydrogen) atoms. The third kappa shape index (κ3) is 8.05. The summed E-state index contributed by atoms with van der Waals surface area (Å²) in [6.07, 6.45) is 2.64. The van der Waals surface area contributed by atoms with Crippen molar-refractivity contribution in [3.05, 3.63) is 47.5 Å². The van der Waals surface area contributed by atoms with Crippen LogP contribution in [0.5, 0.6) is 17.2 Å². The first-order valence-electron chi connectivity index (χ1n) is 14.7. The van der Waals surface area contributed by atoms with E-state index in [4.69, 9.17) is 18.9 Å². The Bertz CT molecular complexity index is 1160. The van der Waals surface area contributed by atoms with E-state index in [-0.39, 0.29) is 43.5 Å². The van der Waals surface area contributed by atoms with E-state index in [2.05, 4.69) is 24.9 Å². The van der Waals surface area contributed by atoms with E-state index in [0.717, 1.165) is 48.6 Å². The smallest absolute Gasteiger partial charge is 0.258 e. The predicted molar refractivity (Wildman–Crippen MR) is 160 cm³/mol. The van der Waals surface area contributed by atoms with Crippen LogP contribution < -0.4 is 19.1 Å². The van der Waals surface area contributed by atoms with Crippen LogP contribution in [0.4, 0.5) is 5.69 Å². The van der Waals surface area contributed by atoms with E-state index in [9.17, 15) is 9.90 Å². The summed E-state index contributed by atoms with van der Waals surface area (Å²) < 4.78 is 23.8. The maximum atomic E-state index is 14.1. The van der Waals surface area contributed by atoms with Gasteiger partial charge in [-0.1, -0.05) is 13.0 Å². The third-order valence-corrected chi connectivity index (χ3v) is 7.93. The SMILES string of the molecule is C[C@@H]1CCCCO[C@H](CN(C)Cc2ccc3c(c2)OCO3)[C@@H](C)CN([C@@H](C)CO)C(=O)c2cc(N(C)C)ccc2O1. The fourth-order valence-corrected chi connectivity index (χ4v) is 5.37. The number of carbonyl (C=O) groups excluding carboxylic acids is 1. The van der Waals surface area contributed by atoms with Gasteiger partial charge in [-0.2, -0.15) is 0 Å². The number of rotatable bonds is 7. The second kappa shape index (κ2) is 14.2. The standard InChI is InChI=1S/C32H47N3O6/c1-22-17-35(23(2)20-36)32(37)27-16-26(33(4)5)11-13-28(27)41-24(3)9-7-8-14-38-31(22)19-34(6)18-25-10-12-29-30(15-25)40-21-39-29/h10-13,15-16,22-24,31,36H,7-9,14,17-21H2,1-6H3/t22-,23-,24+,31+/m0/s1. The molecule has 4 rings (SSSR count). The van der Waals surface area contributed by atoms with Gasteiger partial charge in [0.15, 0.2) is 11.5 Å². The molecule has 1 amide bonds. The summed E-state index contributed by atoms with van der Waals surface area (Å²) in [4.78, 5) is 20.1. The maximum Gasteiger partial charge on any atom is 0.258 e. The molecule has 2 aliphatic rings. The highest BCUT2D eigenvalue weighted by Crippen LogP contribution is 2.33. The molecule has 0 radical (unpaired) electrons. The molecule has 9 nitrogen and oxygen atoms in total. The number of hydrogen-bond acceptors (Lipinski definition) is 8. The summed E-state index contributed by atoms with van der Waals surface area (Å²) in [6, 6.07) is 11.5. The minimum absolute atomic E-state index is 0.0235. The molecule has 0 fully saturated rings. The normalized spacial score (nSPS) is 22.6. The lowest BCUT2D eigenvalue weighted by atomic mass is 10.0. The van der Waals surface area contributed by atoms with Crippen molar-refractivity contribution in [3.8, 4) is 17.2 Å². The summed E-state index contributed by atoms with van der Waals surface area (Å²) in [5.74, 6) is 2.02. The summed E-state index contributed by atoms with van der Waals surface area (Å²) >= 11 is 0. The highest BCUT2D eigenvalue weighted by atomic mass is 16.7. The fraction of sp³-hybridized carbons (Fsp3) is 0.594. The van der Waals surface area contributed by atoms with Gasteiger partial charge in [0, 0.05) is 51.9 Å². The summed E-state index contributed by atoms with van der Waals surface area (Å²) in [7, 11) is 6.00. The Morgan fingerprint density at radius 3 is 2.54 bits per heavy atom. The molecule has 9 heteroatoms. The van der Waals surface area contributed by atoms with E-state index in [1.54, 1.807) is 4.90 Å². The number of hydrogen-bond donors (Lipinski definition) is 1. The van der Waals surface area contributed by atoms with Crippen LogP contribution >= 0.6 is 0 Å². The Morgan fingerprint density at radius 1 is 1.02 bits per heavy atom. The number of fused-ring (bicyclic) bond motifs is 2. The van der Waals surface area contributed by atoms with E-state index >= 15 is 0 Å². The van der Waals surface area contributed by atoms with Crippen LogP contribution in [0.15, 0.2) is 36.4 Å². The molecule has 2 heterocycles. The average Bonchev–Trinajstić information content (AvgIpc) is 3.42. The minimum Gasteiger partial charge on any atom is -0.490 e. The van der Waals surface area contributed by atoms with Gasteiger partial charge in [0.05, 0.1) is 30.4 Å². The Labute approximate surface area is 244 Å². The first kappa shape index (κ1) is 30.9. The number of ether oxygens (including phenoxy) is 4. The molecule has 226 valence electrons. The van der Waals surface area contributed by atoms with Gasteiger partial charge in [0.2, 0.25) is 6.79 Å². The summed E-state index contributed by atoms with van der Waals surface area (Å²) in [5, 5.41) is 10.1. The fourth-order valence-electron chi connectivity index (χ4n) is 5.37. The van der Waals surface area contributed by atoms with Crippen LogP contribution in [-0.2, 0) is 11.3 Å². The van der Waals surface area contributed by atoms with Crippen LogP contribution in [0.2, 0.25) is 0 Å². The van der Waals surface area contributed by atoms with Gasteiger partial charge in [0.25, 0.3) is 5.91 Å². The number of benzene rings is 2. The van der Waals surface area contributed by atoms with Gasteiger partial charge in [-0.3, -0.25) is 9.69 Å². The average molecular weight is 570 g/mol. The molecule has 0 bridgehead atoms. The predicted octanol–water partition coefficient (Wildman–Crippen LogP) is 4.41. The molecule has 4 atom stereocenters. The van der Waals surface area contributed by atoms with Crippen molar-refractivity contribution in [2.24, 2.45) is 5.92 Å². The molecule has 0 saturated heterocycles. The van der Waals surface area contributed by atoms with Crippen LogP contribution in [0.1, 0.15) is 56.0 Å². The van der Waals surface area contributed by atoms with Crippen molar-refractivity contribution >= 4 is 11.6 Å². The van der Waals surface area contributed by atoms with Gasteiger partial charge >= 0.3 is 0 Å². The molecule has 0 aromatic heterocycles. The van der Waals surface area contributed by atoms with Crippen LogP contribution in [0, 0.1) is 5.92 Å². The topological polar surface area (TPSA) is 83.9 Å². The first-order valence-corrected chi connectivity index (χ1v) is 14.7. The number of carbonyl (C=O) groups is 1. The zero-order valence-corrected chi connectivity index (χ0v) is 25.5. The lowest BCUT2D eigenvalue weighted by Crippen LogP contribution is -2.47. The highest BCUT2D eigenvalue weighted by molar-refractivity contribution is 5.98. The van der Waals surface area contributed by atoms with Crippen LogP contribution in [0.25, 0.3) is 0 Å². The molecule has 0 spiro atoms. The Kier molecular flexibility index (Phi) is 10.8. The number of aliphatic hydroxyl groups excluding tert-OH is 1. The van der Waals surface area contributed by atoms with Crippen LogP contribution in [-0.4, -0.2) is 93.3 Å². The lowest BCUT2D eigenvalue weighted by Gasteiger charge is -2.36. The van der Waals surface area contributed by atoms with E-state index < -0.39 is 0 Å². The number of aliphatic hydroxyl groups is 1. The largest absolute Gasteiger partial charge is 0.490 e. The van der Waals surface area contributed by atoms with Crippen molar-refractivity contribution in [3.63, 3.8) is 0 Å². The molecule has 2 aromatic rings. The number of nitrogens with zero attached hydrogens (tertiary/aromatic N) is 3. The van der Waals surface area contributed by atoms with Crippen LogP contribution in [0.3, 0.4) is 0 Å². The van der Waals surface area contributed by atoms with E-state index in [0.29, 0.717) is 31.0 Å². The van der Waals surface area contributed by atoms with Crippen molar-refractivity contribution in [1.29, 1.82) is 0 Å². The number of likely N-dealkylation sites (N-methyl/N-ethyl adjacent to an activating group) is 1. The van der Waals surface area contributed by atoms with Crippen molar-refractivity contribution in [1.82, 2.24) is 9.80 Å². The van der Waals surface area contributed by atoms with Gasteiger partial charge in [0.1, 0.15) is 5.75 Å². The summed E-state index contributed by atoms with van der Waals surface area (Å²) in [6.45, 7) is 8.71. The zero-order chi connectivity index (χ0) is 29.5. The molecule has 2 aliphatic heterocycles. The maximum absolute atomic E-state index is 14.1. The molecule has 0 unspecified atom stereocenters. The Hall–Kier alpha value is -3.01. The minimum atomic E-state index is -0.363. The quantitative estimate of drug-likeness (QED) is 0.525. The molecule has 0 saturated carbocycles. The second-order valence-electron chi connectivity index (χ2n) is 11.8. The Balaban J connectivity index is 1.57. The lowest BCUT2D eigenvalue weighted by molar-refractivity contribution is -0.0177.